The minimum absolute atomic E-state index is 0.00631. The maximum atomic E-state index is 14.5. The number of piperidine rings is 1. The number of ether oxygens (including phenoxy) is 1. The molecule has 4 aromatic rings. The van der Waals surface area contributed by atoms with Gasteiger partial charge in [0.05, 0.1) is 36.2 Å². The first-order valence-electron chi connectivity index (χ1n) is 11.7. The zero-order chi connectivity index (χ0) is 25.1. The van der Waals surface area contributed by atoms with E-state index in [4.69, 9.17) is 15.5 Å². The summed E-state index contributed by atoms with van der Waals surface area (Å²) < 4.78 is 22.9. The average molecular weight is 483 g/mol. The van der Waals surface area contributed by atoms with Gasteiger partial charge in [-0.25, -0.2) is 14.4 Å². The van der Waals surface area contributed by atoms with Crippen molar-refractivity contribution in [2.75, 3.05) is 37.4 Å². The SMILES string of the molecule is COc1cc2nc(N)n3nc([C@@H]4C[C@@H](C)CN(c5cn(C(C)(C)CO)nc5C)C4)nc3c2cc1F. The van der Waals surface area contributed by atoms with Gasteiger partial charge in [-0.15, -0.1) is 5.10 Å². The minimum atomic E-state index is -0.492. The summed E-state index contributed by atoms with van der Waals surface area (Å²) >= 11 is 0. The number of aromatic nitrogens is 6. The lowest BCUT2D eigenvalue weighted by molar-refractivity contribution is 0.152. The zero-order valence-corrected chi connectivity index (χ0v) is 20.7. The van der Waals surface area contributed by atoms with Crippen molar-refractivity contribution >= 4 is 28.2 Å². The quantitative estimate of drug-likeness (QED) is 0.446. The smallest absolute Gasteiger partial charge is 0.223 e. The molecule has 1 saturated heterocycles. The monoisotopic (exact) mass is 482 g/mol. The van der Waals surface area contributed by atoms with Gasteiger partial charge >= 0.3 is 0 Å². The number of aliphatic hydroxyl groups excluding tert-OH is 1. The molecule has 186 valence electrons. The van der Waals surface area contributed by atoms with Gasteiger partial charge in [-0.3, -0.25) is 4.68 Å². The van der Waals surface area contributed by atoms with Crippen LogP contribution in [-0.4, -0.2) is 61.3 Å². The van der Waals surface area contributed by atoms with Crippen LogP contribution in [-0.2, 0) is 5.54 Å². The van der Waals surface area contributed by atoms with Crippen LogP contribution in [0.25, 0.3) is 16.6 Å². The van der Waals surface area contributed by atoms with E-state index in [1.807, 2.05) is 31.6 Å². The highest BCUT2D eigenvalue weighted by Crippen LogP contribution is 2.35. The Morgan fingerprint density at radius 2 is 2.00 bits per heavy atom. The standard InChI is InChI=1S/C24H31FN8O2/c1-13-6-15(10-31(9-13)19-11-32(29-14(19)2)24(3,4)12-34)21-28-22-16-7-17(25)20(35-5)8-18(16)27-23(26)33(22)30-21/h7-8,11,13,15,34H,6,9-10,12H2,1-5H3,(H2,26,27)/t13-,15-/m1/s1. The highest BCUT2D eigenvalue weighted by atomic mass is 19.1. The number of rotatable bonds is 5. The fraction of sp³-hybridized carbons (Fsp3) is 0.500. The fourth-order valence-electron chi connectivity index (χ4n) is 4.86. The third-order valence-electron chi connectivity index (χ3n) is 6.83. The fourth-order valence-corrected chi connectivity index (χ4v) is 4.86. The first-order valence-corrected chi connectivity index (χ1v) is 11.7. The second-order valence-electron chi connectivity index (χ2n) is 10.1. The molecular formula is C24H31FN8O2. The van der Waals surface area contributed by atoms with E-state index in [-0.39, 0.29) is 24.2 Å². The third-order valence-corrected chi connectivity index (χ3v) is 6.83. The average Bonchev–Trinajstić information content (AvgIpc) is 3.44. The Hall–Kier alpha value is -3.47. The third kappa shape index (κ3) is 3.93. The van der Waals surface area contributed by atoms with Crippen LogP contribution in [0, 0.1) is 18.7 Å². The van der Waals surface area contributed by atoms with Gasteiger partial charge in [0, 0.05) is 36.7 Å². The molecule has 0 radical (unpaired) electrons. The lowest BCUT2D eigenvalue weighted by Gasteiger charge is -2.36. The van der Waals surface area contributed by atoms with Crippen molar-refractivity contribution in [2.24, 2.45) is 5.92 Å². The highest BCUT2D eigenvalue weighted by molar-refractivity contribution is 5.93. The summed E-state index contributed by atoms with van der Waals surface area (Å²) in [6.07, 6.45) is 2.92. The molecular weight excluding hydrogens is 451 g/mol. The largest absolute Gasteiger partial charge is 0.494 e. The van der Waals surface area contributed by atoms with E-state index in [1.54, 1.807) is 0 Å². The Morgan fingerprint density at radius 1 is 1.23 bits per heavy atom. The summed E-state index contributed by atoms with van der Waals surface area (Å²) in [5.41, 5.74) is 8.62. The van der Waals surface area contributed by atoms with Crippen LogP contribution < -0.4 is 15.4 Å². The molecule has 1 aliphatic rings. The first-order chi connectivity index (χ1) is 16.6. The number of hydrogen-bond acceptors (Lipinski definition) is 8. The van der Waals surface area contributed by atoms with Crippen LogP contribution in [0.3, 0.4) is 0 Å². The van der Waals surface area contributed by atoms with Gasteiger partial charge in [-0.1, -0.05) is 6.92 Å². The molecule has 0 bridgehead atoms. The lowest BCUT2D eigenvalue weighted by Crippen LogP contribution is -2.39. The predicted octanol–water partition coefficient (Wildman–Crippen LogP) is 2.87. The normalized spacial score (nSPS) is 19.1. The van der Waals surface area contributed by atoms with E-state index in [0.29, 0.717) is 34.8 Å². The molecule has 4 heterocycles. The Labute approximate surface area is 202 Å². The molecule has 5 rings (SSSR count). The molecule has 1 aliphatic heterocycles. The van der Waals surface area contributed by atoms with E-state index < -0.39 is 11.4 Å². The predicted molar refractivity (Wildman–Crippen MR) is 131 cm³/mol. The summed E-state index contributed by atoms with van der Waals surface area (Å²) in [5, 5.41) is 19.6. The van der Waals surface area contributed by atoms with Crippen LogP contribution in [0.15, 0.2) is 18.3 Å². The van der Waals surface area contributed by atoms with Gasteiger partial charge in [0.25, 0.3) is 0 Å². The molecule has 11 heteroatoms. The Balaban J connectivity index is 1.53. The van der Waals surface area contributed by atoms with Crippen LogP contribution in [0.2, 0.25) is 0 Å². The summed E-state index contributed by atoms with van der Waals surface area (Å²) in [4.78, 5) is 11.5. The van der Waals surface area contributed by atoms with E-state index in [1.165, 1.54) is 23.8 Å². The second kappa shape index (κ2) is 8.33. The number of methoxy groups -OCH3 is 1. The maximum absolute atomic E-state index is 14.5. The van der Waals surface area contributed by atoms with Gasteiger partial charge in [0.1, 0.15) is 0 Å². The van der Waals surface area contributed by atoms with Crippen LogP contribution in [0.1, 0.15) is 44.6 Å². The Morgan fingerprint density at radius 3 is 2.71 bits per heavy atom. The number of fused-ring (bicyclic) bond motifs is 3. The summed E-state index contributed by atoms with van der Waals surface area (Å²) in [6, 6.07) is 2.89. The molecule has 10 nitrogen and oxygen atoms in total. The molecule has 0 spiro atoms. The topological polar surface area (TPSA) is 120 Å². The molecule has 1 fully saturated rings. The molecule has 3 N–H and O–H groups in total. The molecule has 0 unspecified atom stereocenters. The number of halogens is 1. The van der Waals surface area contributed by atoms with Crippen molar-refractivity contribution in [2.45, 2.75) is 45.6 Å². The van der Waals surface area contributed by atoms with E-state index in [9.17, 15) is 9.50 Å². The van der Waals surface area contributed by atoms with E-state index in [2.05, 4.69) is 27.0 Å². The molecule has 0 saturated carbocycles. The molecule has 0 aliphatic carbocycles. The number of nitrogen functional groups attached to an aromatic ring is 1. The van der Waals surface area contributed by atoms with Crippen LogP contribution in [0.4, 0.5) is 16.0 Å². The number of hydrogen-bond donors (Lipinski definition) is 2. The molecule has 2 atom stereocenters. The molecule has 35 heavy (non-hydrogen) atoms. The summed E-state index contributed by atoms with van der Waals surface area (Å²) in [5.74, 6) is 0.885. The summed E-state index contributed by atoms with van der Waals surface area (Å²) in [6.45, 7) is 9.68. The van der Waals surface area contributed by atoms with Crippen molar-refractivity contribution in [3.8, 4) is 5.75 Å². The van der Waals surface area contributed by atoms with Gasteiger partial charge in [0.15, 0.2) is 23.0 Å². The summed E-state index contributed by atoms with van der Waals surface area (Å²) in [7, 11) is 1.41. The van der Waals surface area contributed by atoms with E-state index in [0.717, 1.165) is 24.3 Å². The van der Waals surface area contributed by atoms with Crippen molar-refractivity contribution < 1.29 is 14.2 Å². The Bertz CT molecular complexity index is 1410. The number of anilines is 2. The van der Waals surface area contributed by atoms with Gasteiger partial charge in [-0.2, -0.15) is 9.61 Å². The van der Waals surface area contributed by atoms with Crippen molar-refractivity contribution in [1.82, 2.24) is 29.4 Å². The molecule has 1 aromatic carbocycles. The lowest BCUT2D eigenvalue weighted by atomic mass is 9.89. The highest BCUT2D eigenvalue weighted by Gasteiger charge is 2.32. The second-order valence-corrected chi connectivity index (χ2v) is 10.1. The van der Waals surface area contributed by atoms with Crippen LogP contribution in [0.5, 0.6) is 5.75 Å². The van der Waals surface area contributed by atoms with Crippen molar-refractivity contribution in [3.63, 3.8) is 0 Å². The minimum Gasteiger partial charge on any atom is -0.494 e. The van der Waals surface area contributed by atoms with E-state index >= 15 is 0 Å². The zero-order valence-electron chi connectivity index (χ0n) is 20.7. The molecule has 3 aromatic heterocycles. The molecule has 0 amide bonds. The number of nitrogens with zero attached hydrogens (tertiary/aromatic N) is 7. The number of nitrogens with two attached hydrogens (primary N) is 1. The number of benzene rings is 1. The maximum Gasteiger partial charge on any atom is 0.223 e. The number of aliphatic hydroxyl groups is 1. The van der Waals surface area contributed by atoms with Gasteiger partial charge in [-0.05, 0) is 39.2 Å². The van der Waals surface area contributed by atoms with Crippen molar-refractivity contribution in [1.29, 1.82) is 0 Å². The van der Waals surface area contributed by atoms with Gasteiger partial charge in [0.2, 0.25) is 5.95 Å². The van der Waals surface area contributed by atoms with Crippen LogP contribution >= 0.6 is 0 Å². The Kier molecular flexibility index (Phi) is 5.54. The van der Waals surface area contributed by atoms with Gasteiger partial charge < -0.3 is 20.5 Å². The van der Waals surface area contributed by atoms with Crippen molar-refractivity contribution in [3.05, 3.63) is 35.7 Å². The number of aryl methyl sites for hydroxylation is 1. The first kappa shape index (κ1) is 23.3.